The highest BCUT2D eigenvalue weighted by Gasteiger charge is 2.08. The number of aryl methyl sites for hydroxylation is 1. The molecule has 0 aliphatic heterocycles. The van der Waals surface area contributed by atoms with Crippen LogP contribution in [0.5, 0.6) is 0 Å². The van der Waals surface area contributed by atoms with Crippen LogP contribution in [0.3, 0.4) is 0 Å². The van der Waals surface area contributed by atoms with Gasteiger partial charge in [0.25, 0.3) is 0 Å². The molecule has 2 N–H and O–H groups in total. The van der Waals surface area contributed by atoms with Gasteiger partial charge >= 0.3 is 0 Å². The SMILES string of the molecule is CCCNc1nc(NCc2ccc(C)o2)nc(N(C)C)n1. The van der Waals surface area contributed by atoms with Crippen molar-refractivity contribution in [2.24, 2.45) is 0 Å². The van der Waals surface area contributed by atoms with Crippen LogP contribution in [0, 0.1) is 6.92 Å². The van der Waals surface area contributed by atoms with Crippen LogP contribution in [0.15, 0.2) is 16.5 Å². The third-order valence-electron chi connectivity index (χ3n) is 2.77. The predicted molar refractivity (Wildman–Crippen MR) is 83.7 cm³/mol. The maximum Gasteiger partial charge on any atom is 0.231 e. The Morgan fingerprint density at radius 2 is 1.81 bits per heavy atom. The molecule has 0 aromatic carbocycles. The predicted octanol–water partition coefficient (Wildman–Crippen LogP) is 2.27. The molecule has 2 aromatic heterocycles. The van der Waals surface area contributed by atoms with Crippen molar-refractivity contribution >= 4 is 17.8 Å². The lowest BCUT2D eigenvalue weighted by atomic mass is 10.4. The zero-order chi connectivity index (χ0) is 15.2. The fourth-order valence-electron chi connectivity index (χ4n) is 1.71. The molecule has 0 radical (unpaired) electrons. The van der Waals surface area contributed by atoms with Crippen LogP contribution in [-0.4, -0.2) is 35.6 Å². The van der Waals surface area contributed by atoms with Gasteiger partial charge in [-0.15, -0.1) is 0 Å². The molecule has 0 aliphatic rings. The summed E-state index contributed by atoms with van der Waals surface area (Å²) in [4.78, 5) is 14.9. The minimum atomic E-state index is 0.529. The normalized spacial score (nSPS) is 10.5. The Hall–Kier alpha value is -2.31. The molecule has 0 atom stereocenters. The van der Waals surface area contributed by atoms with E-state index < -0.39 is 0 Å². The van der Waals surface area contributed by atoms with E-state index in [4.69, 9.17) is 4.42 Å². The lowest BCUT2D eigenvalue weighted by Crippen LogP contribution is -2.17. The Morgan fingerprint density at radius 3 is 2.38 bits per heavy atom. The molecular formula is C14H22N6O. The zero-order valence-corrected chi connectivity index (χ0v) is 13.0. The minimum Gasteiger partial charge on any atom is -0.465 e. The van der Waals surface area contributed by atoms with E-state index in [1.165, 1.54) is 0 Å². The fourth-order valence-corrected chi connectivity index (χ4v) is 1.71. The van der Waals surface area contributed by atoms with E-state index in [9.17, 15) is 0 Å². The summed E-state index contributed by atoms with van der Waals surface area (Å²) in [6.45, 7) is 5.38. The third-order valence-corrected chi connectivity index (χ3v) is 2.77. The van der Waals surface area contributed by atoms with Gasteiger partial charge in [-0.25, -0.2) is 0 Å². The van der Waals surface area contributed by atoms with Crippen molar-refractivity contribution in [1.82, 2.24) is 15.0 Å². The lowest BCUT2D eigenvalue weighted by Gasteiger charge is -2.13. The summed E-state index contributed by atoms with van der Waals surface area (Å²) < 4.78 is 5.52. The molecule has 0 aliphatic carbocycles. The second-order valence-electron chi connectivity index (χ2n) is 4.97. The van der Waals surface area contributed by atoms with Crippen LogP contribution in [0.25, 0.3) is 0 Å². The van der Waals surface area contributed by atoms with Gasteiger partial charge in [0.1, 0.15) is 11.5 Å². The largest absolute Gasteiger partial charge is 0.465 e. The molecule has 2 rings (SSSR count). The Labute approximate surface area is 124 Å². The maximum atomic E-state index is 5.52. The summed E-state index contributed by atoms with van der Waals surface area (Å²) in [6, 6.07) is 3.87. The minimum absolute atomic E-state index is 0.529. The molecule has 7 heteroatoms. The maximum absolute atomic E-state index is 5.52. The van der Waals surface area contributed by atoms with Gasteiger partial charge in [0.2, 0.25) is 17.8 Å². The molecule has 7 nitrogen and oxygen atoms in total. The zero-order valence-electron chi connectivity index (χ0n) is 13.0. The second kappa shape index (κ2) is 6.92. The van der Waals surface area contributed by atoms with E-state index in [0.717, 1.165) is 24.5 Å². The Morgan fingerprint density at radius 1 is 1.10 bits per heavy atom. The van der Waals surface area contributed by atoms with Crippen molar-refractivity contribution in [1.29, 1.82) is 0 Å². The Balaban J connectivity index is 2.11. The molecule has 0 spiro atoms. The molecule has 0 saturated heterocycles. The number of rotatable bonds is 7. The summed E-state index contributed by atoms with van der Waals surface area (Å²) in [5.74, 6) is 3.46. The van der Waals surface area contributed by atoms with Crippen LogP contribution >= 0.6 is 0 Å². The Kier molecular flexibility index (Phi) is 4.97. The van der Waals surface area contributed by atoms with E-state index in [2.05, 4.69) is 32.5 Å². The Bertz CT molecular complexity index is 581. The average molecular weight is 290 g/mol. The van der Waals surface area contributed by atoms with Crippen LogP contribution in [0.1, 0.15) is 24.9 Å². The number of aromatic nitrogens is 3. The van der Waals surface area contributed by atoms with Crippen molar-refractivity contribution in [2.45, 2.75) is 26.8 Å². The second-order valence-corrected chi connectivity index (χ2v) is 4.97. The smallest absolute Gasteiger partial charge is 0.231 e. The van der Waals surface area contributed by atoms with E-state index in [1.807, 2.05) is 38.1 Å². The highest BCUT2D eigenvalue weighted by molar-refractivity contribution is 5.43. The van der Waals surface area contributed by atoms with Gasteiger partial charge in [-0.05, 0) is 25.5 Å². The van der Waals surface area contributed by atoms with Gasteiger partial charge in [0.05, 0.1) is 6.54 Å². The monoisotopic (exact) mass is 290 g/mol. The topological polar surface area (TPSA) is 79.1 Å². The molecular weight excluding hydrogens is 268 g/mol. The van der Waals surface area contributed by atoms with Gasteiger partial charge in [0, 0.05) is 20.6 Å². The van der Waals surface area contributed by atoms with Gasteiger partial charge in [0.15, 0.2) is 0 Å². The van der Waals surface area contributed by atoms with Crippen molar-refractivity contribution in [3.63, 3.8) is 0 Å². The van der Waals surface area contributed by atoms with Gasteiger partial charge in [-0.2, -0.15) is 15.0 Å². The van der Waals surface area contributed by atoms with Crippen molar-refractivity contribution in [3.05, 3.63) is 23.7 Å². The van der Waals surface area contributed by atoms with Crippen LogP contribution in [-0.2, 0) is 6.54 Å². The molecule has 114 valence electrons. The van der Waals surface area contributed by atoms with Gasteiger partial charge in [-0.3, -0.25) is 0 Å². The number of furan rings is 1. The number of anilines is 3. The third kappa shape index (κ3) is 4.34. The van der Waals surface area contributed by atoms with Crippen molar-refractivity contribution in [2.75, 3.05) is 36.2 Å². The van der Waals surface area contributed by atoms with Crippen LogP contribution < -0.4 is 15.5 Å². The van der Waals surface area contributed by atoms with E-state index in [-0.39, 0.29) is 0 Å². The summed E-state index contributed by atoms with van der Waals surface area (Å²) in [7, 11) is 3.80. The summed E-state index contributed by atoms with van der Waals surface area (Å²) in [6.07, 6.45) is 1.01. The summed E-state index contributed by atoms with van der Waals surface area (Å²) >= 11 is 0. The van der Waals surface area contributed by atoms with E-state index >= 15 is 0 Å². The van der Waals surface area contributed by atoms with E-state index in [1.54, 1.807) is 0 Å². The van der Waals surface area contributed by atoms with Crippen LogP contribution in [0.2, 0.25) is 0 Å². The molecule has 0 fully saturated rings. The number of nitrogens with zero attached hydrogens (tertiary/aromatic N) is 4. The molecule has 0 unspecified atom stereocenters. The van der Waals surface area contributed by atoms with Crippen LogP contribution in [0.4, 0.5) is 17.8 Å². The van der Waals surface area contributed by atoms with Crippen molar-refractivity contribution < 1.29 is 4.42 Å². The van der Waals surface area contributed by atoms with E-state index in [0.29, 0.717) is 24.4 Å². The first-order valence-electron chi connectivity index (χ1n) is 7.05. The average Bonchev–Trinajstić information content (AvgIpc) is 2.88. The fraction of sp³-hybridized carbons (Fsp3) is 0.500. The molecule has 2 aromatic rings. The van der Waals surface area contributed by atoms with Gasteiger partial charge < -0.3 is 20.0 Å². The summed E-state index contributed by atoms with van der Waals surface area (Å²) in [5, 5.41) is 6.34. The molecule has 0 bridgehead atoms. The first kappa shape index (κ1) is 15.1. The number of hydrogen-bond donors (Lipinski definition) is 2. The first-order valence-corrected chi connectivity index (χ1v) is 7.05. The summed E-state index contributed by atoms with van der Waals surface area (Å²) in [5.41, 5.74) is 0. The highest BCUT2D eigenvalue weighted by atomic mass is 16.3. The molecule has 2 heterocycles. The van der Waals surface area contributed by atoms with Crippen molar-refractivity contribution in [3.8, 4) is 0 Å². The first-order chi connectivity index (χ1) is 10.1. The molecule has 0 amide bonds. The van der Waals surface area contributed by atoms with Gasteiger partial charge in [-0.1, -0.05) is 6.92 Å². The molecule has 21 heavy (non-hydrogen) atoms. The quantitative estimate of drug-likeness (QED) is 0.809. The standard InChI is InChI=1S/C14H22N6O/c1-5-8-15-12-17-13(19-14(18-12)20(3)4)16-9-11-7-6-10(2)21-11/h6-7H,5,8-9H2,1-4H3,(H2,15,16,17,18,19). The molecule has 0 saturated carbocycles. The number of nitrogens with one attached hydrogen (secondary N) is 2. The number of hydrogen-bond acceptors (Lipinski definition) is 7. The lowest BCUT2D eigenvalue weighted by molar-refractivity contribution is 0.490. The highest BCUT2D eigenvalue weighted by Crippen LogP contribution is 2.13.